The molecule has 1 aromatic carbocycles. The minimum atomic E-state index is -4.35. The second-order valence-corrected chi connectivity index (χ2v) is 4.76. The van der Waals surface area contributed by atoms with E-state index in [-0.39, 0.29) is 0 Å². The maximum Gasteiger partial charge on any atom is 0.416 e. The number of halogens is 5. The predicted octanol–water partition coefficient (Wildman–Crippen LogP) is 4.42. The summed E-state index contributed by atoms with van der Waals surface area (Å²) in [5.74, 6) is 0. The number of hydrogen-bond acceptors (Lipinski definition) is 1. The van der Waals surface area contributed by atoms with Gasteiger partial charge in [0.25, 0.3) is 0 Å². The topological polar surface area (TPSA) is 17.8 Å². The highest BCUT2D eigenvalue weighted by Gasteiger charge is 2.30. The summed E-state index contributed by atoms with van der Waals surface area (Å²) < 4.78 is 40.2. The second kappa shape index (κ2) is 4.45. The number of rotatable bonds is 1. The standard InChI is InChI=1S/C10H5Br2F3N2/c11-8-5-16-9(12)17(8)7-3-1-2-6(4-7)10(13,14)15/h1-5H. The van der Waals surface area contributed by atoms with Crippen molar-refractivity contribution in [3.63, 3.8) is 0 Å². The van der Waals surface area contributed by atoms with Crippen LogP contribution in [0.2, 0.25) is 0 Å². The van der Waals surface area contributed by atoms with Crippen molar-refractivity contribution in [2.24, 2.45) is 0 Å². The summed E-state index contributed by atoms with van der Waals surface area (Å²) in [7, 11) is 0. The lowest BCUT2D eigenvalue weighted by molar-refractivity contribution is -0.137. The van der Waals surface area contributed by atoms with Crippen molar-refractivity contribution < 1.29 is 13.2 Å². The summed E-state index contributed by atoms with van der Waals surface area (Å²) in [5.41, 5.74) is -0.307. The van der Waals surface area contributed by atoms with Gasteiger partial charge in [0.1, 0.15) is 4.60 Å². The third-order valence-corrected chi connectivity index (χ3v) is 3.23. The predicted molar refractivity (Wildman–Crippen MR) is 64.0 cm³/mol. The molecule has 0 radical (unpaired) electrons. The van der Waals surface area contributed by atoms with Crippen molar-refractivity contribution in [1.82, 2.24) is 9.55 Å². The van der Waals surface area contributed by atoms with Crippen LogP contribution in [-0.2, 0) is 6.18 Å². The largest absolute Gasteiger partial charge is 0.416 e. The Labute approximate surface area is 112 Å². The molecule has 1 heterocycles. The summed E-state index contributed by atoms with van der Waals surface area (Å²) in [6, 6.07) is 5.03. The number of aromatic nitrogens is 2. The molecule has 0 aliphatic heterocycles. The Kier molecular flexibility index (Phi) is 3.31. The van der Waals surface area contributed by atoms with Crippen molar-refractivity contribution in [2.45, 2.75) is 6.18 Å². The molecule has 0 aliphatic rings. The van der Waals surface area contributed by atoms with Gasteiger partial charge >= 0.3 is 6.18 Å². The SMILES string of the molecule is FC(F)(F)c1cccc(-n2c(Br)cnc2Br)c1. The molecule has 2 rings (SSSR count). The fourth-order valence-electron chi connectivity index (χ4n) is 1.36. The molecule has 0 N–H and O–H groups in total. The molecular formula is C10H5Br2F3N2. The zero-order chi connectivity index (χ0) is 12.6. The van der Waals surface area contributed by atoms with E-state index in [4.69, 9.17) is 0 Å². The molecule has 0 aliphatic carbocycles. The van der Waals surface area contributed by atoms with Gasteiger partial charge in [-0.3, -0.25) is 4.57 Å². The molecule has 2 aromatic rings. The lowest BCUT2D eigenvalue weighted by atomic mass is 10.2. The van der Waals surface area contributed by atoms with E-state index < -0.39 is 11.7 Å². The molecule has 0 atom stereocenters. The maximum absolute atomic E-state index is 12.6. The summed E-state index contributed by atoms with van der Waals surface area (Å²) in [5, 5.41) is 0. The van der Waals surface area contributed by atoms with E-state index in [1.54, 1.807) is 6.07 Å². The van der Waals surface area contributed by atoms with E-state index in [1.807, 2.05) is 0 Å². The Balaban J connectivity index is 2.55. The van der Waals surface area contributed by atoms with Crippen LogP contribution in [0.25, 0.3) is 5.69 Å². The quantitative estimate of drug-likeness (QED) is 0.727. The van der Waals surface area contributed by atoms with Crippen LogP contribution < -0.4 is 0 Å². The fourth-order valence-corrected chi connectivity index (χ4v) is 2.57. The van der Waals surface area contributed by atoms with Gasteiger partial charge in [0.15, 0.2) is 4.73 Å². The molecular weight excluding hydrogens is 365 g/mol. The molecule has 90 valence electrons. The molecule has 0 spiro atoms. The van der Waals surface area contributed by atoms with Crippen LogP contribution in [0.5, 0.6) is 0 Å². The van der Waals surface area contributed by atoms with Gasteiger partial charge in [-0.2, -0.15) is 13.2 Å². The van der Waals surface area contributed by atoms with Gasteiger partial charge in [-0.15, -0.1) is 0 Å². The molecule has 0 fully saturated rings. The van der Waals surface area contributed by atoms with Crippen molar-refractivity contribution in [3.8, 4) is 5.69 Å². The van der Waals surface area contributed by atoms with E-state index in [2.05, 4.69) is 36.8 Å². The van der Waals surface area contributed by atoms with E-state index in [1.165, 1.54) is 16.8 Å². The van der Waals surface area contributed by atoms with Crippen molar-refractivity contribution in [2.75, 3.05) is 0 Å². The highest BCUT2D eigenvalue weighted by atomic mass is 79.9. The van der Waals surface area contributed by atoms with Crippen LogP contribution in [0.3, 0.4) is 0 Å². The minimum Gasteiger partial charge on any atom is -0.281 e. The van der Waals surface area contributed by atoms with E-state index in [0.29, 0.717) is 15.0 Å². The molecule has 0 saturated heterocycles. The van der Waals surface area contributed by atoms with Gasteiger partial charge in [-0.25, -0.2) is 4.98 Å². The first kappa shape index (κ1) is 12.6. The van der Waals surface area contributed by atoms with Crippen molar-refractivity contribution in [1.29, 1.82) is 0 Å². The Morgan fingerprint density at radius 1 is 1.18 bits per heavy atom. The molecule has 0 unspecified atom stereocenters. The fraction of sp³-hybridized carbons (Fsp3) is 0.100. The van der Waals surface area contributed by atoms with Crippen molar-refractivity contribution >= 4 is 31.9 Å². The van der Waals surface area contributed by atoms with Gasteiger partial charge in [-0.1, -0.05) is 6.07 Å². The lowest BCUT2D eigenvalue weighted by Gasteiger charge is -2.10. The average molecular weight is 370 g/mol. The number of benzene rings is 1. The van der Waals surface area contributed by atoms with Crippen LogP contribution in [-0.4, -0.2) is 9.55 Å². The third-order valence-electron chi connectivity index (χ3n) is 2.11. The first-order valence-electron chi connectivity index (χ1n) is 4.46. The van der Waals surface area contributed by atoms with Crippen LogP contribution in [0.4, 0.5) is 13.2 Å². The van der Waals surface area contributed by atoms with Crippen molar-refractivity contribution in [3.05, 3.63) is 45.4 Å². The Morgan fingerprint density at radius 3 is 2.41 bits per heavy atom. The molecule has 0 saturated carbocycles. The Morgan fingerprint density at radius 2 is 1.88 bits per heavy atom. The summed E-state index contributed by atoms with van der Waals surface area (Å²) in [4.78, 5) is 3.94. The van der Waals surface area contributed by atoms with Crippen LogP contribution in [0.1, 0.15) is 5.56 Å². The summed E-state index contributed by atoms with van der Waals surface area (Å²) in [6.45, 7) is 0. The maximum atomic E-state index is 12.6. The van der Waals surface area contributed by atoms with Gasteiger partial charge in [-0.05, 0) is 50.1 Å². The van der Waals surface area contributed by atoms with Gasteiger partial charge < -0.3 is 0 Å². The van der Waals surface area contributed by atoms with E-state index >= 15 is 0 Å². The first-order chi connectivity index (χ1) is 7.89. The van der Waals surface area contributed by atoms with E-state index in [0.717, 1.165) is 12.1 Å². The molecule has 2 nitrogen and oxygen atoms in total. The monoisotopic (exact) mass is 368 g/mol. The minimum absolute atomic E-state index is 0.385. The normalized spacial score (nSPS) is 11.8. The Bertz CT molecular complexity index is 529. The summed E-state index contributed by atoms with van der Waals surface area (Å²) >= 11 is 6.39. The number of hydrogen-bond donors (Lipinski definition) is 0. The molecule has 0 bridgehead atoms. The smallest absolute Gasteiger partial charge is 0.281 e. The summed E-state index contributed by atoms with van der Waals surface area (Å²) in [6.07, 6.45) is -2.85. The first-order valence-corrected chi connectivity index (χ1v) is 6.04. The highest BCUT2D eigenvalue weighted by molar-refractivity contribution is 9.11. The molecule has 17 heavy (non-hydrogen) atoms. The average Bonchev–Trinajstić information content (AvgIpc) is 2.57. The Hall–Kier alpha value is -0.820. The van der Waals surface area contributed by atoms with Crippen LogP contribution in [0.15, 0.2) is 39.8 Å². The van der Waals surface area contributed by atoms with Gasteiger partial charge in [0, 0.05) is 5.69 Å². The van der Waals surface area contributed by atoms with E-state index in [9.17, 15) is 13.2 Å². The van der Waals surface area contributed by atoms with Gasteiger partial charge in [0.05, 0.1) is 11.8 Å². The van der Waals surface area contributed by atoms with Crippen LogP contribution >= 0.6 is 31.9 Å². The highest BCUT2D eigenvalue weighted by Crippen LogP contribution is 2.31. The zero-order valence-electron chi connectivity index (χ0n) is 8.17. The van der Waals surface area contributed by atoms with Crippen LogP contribution in [0, 0.1) is 0 Å². The lowest BCUT2D eigenvalue weighted by Crippen LogP contribution is -2.06. The van der Waals surface area contributed by atoms with Gasteiger partial charge in [0.2, 0.25) is 0 Å². The second-order valence-electron chi connectivity index (χ2n) is 3.23. The number of alkyl halides is 3. The molecule has 7 heteroatoms. The number of nitrogens with zero attached hydrogens (tertiary/aromatic N) is 2. The zero-order valence-corrected chi connectivity index (χ0v) is 11.3. The molecule has 1 aromatic heterocycles. The number of imidazole rings is 1. The third kappa shape index (κ3) is 2.55. The molecule has 0 amide bonds.